The maximum atomic E-state index is 12.8. The van der Waals surface area contributed by atoms with Crippen LogP contribution in [0.5, 0.6) is 23.0 Å². The number of nitrogens with zero attached hydrogens (tertiary/aromatic N) is 1. The number of hydrogen-bond donors (Lipinski definition) is 1. The number of methoxy groups -OCH3 is 3. The van der Waals surface area contributed by atoms with Gasteiger partial charge in [0.15, 0.2) is 17.6 Å². The smallest absolute Gasteiger partial charge is 0.263 e. The molecule has 0 aliphatic carbocycles. The lowest BCUT2D eigenvalue weighted by Crippen LogP contribution is -2.50. The van der Waals surface area contributed by atoms with Crippen LogP contribution in [0.4, 0.5) is 5.69 Å². The average Bonchev–Trinajstić information content (AvgIpc) is 2.74. The van der Waals surface area contributed by atoms with E-state index < -0.39 is 22.0 Å². The first-order chi connectivity index (χ1) is 14.7. The minimum atomic E-state index is -3.65. The summed E-state index contributed by atoms with van der Waals surface area (Å²) < 4.78 is 47.4. The van der Waals surface area contributed by atoms with Gasteiger partial charge in [0.25, 0.3) is 5.91 Å². The molecule has 1 N–H and O–H groups in total. The molecule has 1 atom stereocenters. The fourth-order valence-electron chi connectivity index (χ4n) is 3.27. The number of halogens is 1. The lowest BCUT2D eigenvalue weighted by Gasteiger charge is -2.34. The normalized spacial score (nSPS) is 15.5. The molecule has 0 aromatic heterocycles. The highest BCUT2D eigenvalue weighted by Crippen LogP contribution is 2.40. The Balaban J connectivity index is 1.81. The predicted molar refractivity (Wildman–Crippen MR) is 116 cm³/mol. The van der Waals surface area contributed by atoms with E-state index in [4.69, 9.17) is 30.5 Å². The van der Waals surface area contributed by atoms with Crippen molar-refractivity contribution in [3.05, 3.63) is 40.9 Å². The summed E-state index contributed by atoms with van der Waals surface area (Å²) >= 11 is 6.00. The van der Waals surface area contributed by atoms with Gasteiger partial charge in [0.1, 0.15) is 5.75 Å². The molecule has 2 aromatic rings. The molecule has 1 aliphatic heterocycles. The standard InChI is InChI=1S/C20H23ClN2O7S/c1-27-16-7-5-12(18(28-2)19(16)29-3)10-22-20(24)17-11-23(31(4,25)26)14-9-13(21)6-8-15(14)30-17/h5-9,17H,10-11H2,1-4H3,(H,22,24)/t17-/m1/s1. The largest absolute Gasteiger partial charge is 0.493 e. The number of ether oxygens (including phenoxy) is 4. The average molecular weight is 471 g/mol. The summed E-state index contributed by atoms with van der Waals surface area (Å²) in [6.07, 6.45) is 0.0152. The molecule has 1 amide bonds. The Labute approximate surface area is 185 Å². The van der Waals surface area contributed by atoms with E-state index in [9.17, 15) is 13.2 Å². The molecule has 0 radical (unpaired) electrons. The van der Waals surface area contributed by atoms with Crippen molar-refractivity contribution in [1.82, 2.24) is 5.32 Å². The summed E-state index contributed by atoms with van der Waals surface area (Å²) in [5.74, 6) is 1.09. The van der Waals surface area contributed by atoms with E-state index in [1.165, 1.54) is 33.5 Å². The number of carbonyl (C=O) groups excluding carboxylic acids is 1. The van der Waals surface area contributed by atoms with Gasteiger partial charge in [-0.1, -0.05) is 11.6 Å². The van der Waals surface area contributed by atoms with Gasteiger partial charge in [-0.25, -0.2) is 8.42 Å². The van der Waals surface area contributed by atoms with Crippen LogP contribution in [0.1, 0.15) is 5.56 Å². The van der Waals surface area contributed by atoms with Crippen molar-refractivity contribution in [2.24, 2.45) is 0 Å². The number of carbonyl (C=O) groups is 1. The molecule has 0 fully saturated rings. The highest BCUT2D eigenvalue weighted by atomic mass is 35.5. The second-order valence-corrected chi connectivity index (χ2v) is 9.07. The second-order valence-electron chi connectivity index (χ2n) is 6.72. The number of hydrogen-bond acceptors (Lipinski definition) is 7. The number of sulfonamides is 1. The Bertz CT molecular complexity index is 1090. The van der Waals surface area contributed by atoms with E-state index in [1.54, 1.807) is 18.2 Å². The summed E-state index contributed by atoms with van der Waals surface area (Å²) in [7, 11) is 0.832. The summed E-state index contributed by atoms with van der Waals surface area (Å²) in [6, 6.07) is 8.02. The van der Waals surface area contributed by atoms with Crippen LogP contribution in [0.25, 0.3) is 0 Å². The maximum Gasteiger partial charge on any atom is 0.263 e. The Hall–Kier alpha value is -2.85. The molecule has 9 nitrogen and oxygen atoms in total. The van der Waals surface area contributed by atoms with Crippen LogP contribution >= 0.6 is 11.6 Å². The maximum absolute atomic E-state index is 12.8. The van der Waals surface area contributed by atoms with E-state index in [1.807, 2.05) is 0 Å². The summed E-state index contributed by atoms with van der Waals surface area (Å²) in [5.41, 5.74) is 0.942. The number of benzene rings is 2. The minimum Gasteiger partial charge on any atom is -0.493 e. The van der Waals surface area contributed by atoms with E-state index >= 15 is 0 Å². The van der Waals surface area contributed by atoms with Gasteiger partial charge in [-0.15, -0.1) is 0 Å². The molecular weight excluding hydrogens is 448 g/mol. The molecule has 0 unspecified atom stereocenters. The number of amides is 1. The summed E-state index contributed by atoms with van der Waals surface area (Å²) in [6.45, 7) is -0.0738. The molecule has 0 saturated heterocycles. The fraction of sp³-hybridized carbons (Fsp3) is 0.350. The molecule has 1 aliphatic rings. The number of fused-ring (bicyclic) bond motifs is 1. The highest BCUT2D eigenvalue weighted by molar-refractivity contribution is 7.92. The van der Waals surface area contributed by atoms with Crippen LogP contribution in [0.2, 0.25) is 5.02 Å². The third kappa shape index (κ3) is 4.75. The van der Waals surface area contributed by atoms with E-state index in [0.29, 0.717) is 33.5 Å². The second kappa shape index (κ2) is 9.11. The fourth-order valence-corrected chi connectivity index (χ4v) is 4.35. The van der Waals surface area contributed by atoms with Gasteiger partial charge in [0, 0.05) is 17.1 Å². The van der Waals surface area contributed by atoms with Crippen LogP contribution in [0.3, 0.4) is 0 Å². The van der Waals surface area contributed by atoms with Crippen molar-refractivity contribution in [2.75, 3.05) is 38.4 Å². The van der Waals surface area contributed by atoms with Gasteiger partial charge in [-0.05, 0) is 30.3 Å². The van der Waals surface area contributed by atoms with Gasteiger partial charge in [-0.2, -0.15) is 0 Å². The highest BCUT2D eigenvalue weighted by Gasteiger charge is 2.35. The first-order valence-corrected chi connectivity index (χ1v) is 11.4. The SMILES string of the molecule is COc1ccc(CNC(=O)[C@H]2CN(S(C)(=O)=O)c3cc(Cl)ccc3O2)c(OC)c1OC. The molecule has 3 rings (SSSR count). The van der Waals surface area contributed by atoms with E-state index in [0.717, 1.165) is 10.6 Å². The Morgan fingerprint density at radius 3 is 2.48 bits per heavy atom. The van der Waals surface area contributed by atoms with Crippen LogP contribution in [-0.4, -0.2) is 54.6 Å². The molecular formula is C20H23ClN2O7S. The Morgan fingerprint density at radius 2 is 1.87 bits per heavy atom. The van der Waals surface area contributed by atoms with Crippen molar-refractivity contribution < 1.29 is 32.2 Å². The third-order valence-electron chi connectivity index (χ3n) is 4.72. The zero-order valence-electron chi connectivity index (χ0n) is 17.5. The van der Waals surface area contributed by atoms with Crippen molar-refractivity contribution in [2.45, 2.75) is 12.6 Å². The summed E-state index contributed by atoms with van der Waals surface area (Å²) in [4.78, 5) is 12.8. The third-order valence-corrected chi connectivity index (χ3v) is 6.10. The topological polar surface area (TPSA) is 103 Å². The molecule has 168 valence electrons. The quantitative estimate of drug-likeness (QED) is 0.661. The first kappa shape index (κ1) is 22.8. The monoisotopic (exact) mass is 470 g/mol. The van der Waals surface area contributed by atoms with Crippen molar-refractivity contribution in [3.63, 3.8) is 0 Å². The minimum absolute atomic E-state index is 0.106. The molecule has 0 spiro atoms. The van der Waals surface area contributed by atoms with Gasteiger partial charge < -0.3 is 24.3 Å². The van der Waals surface area contributed by atoms with Crippen LogP contribution in [0, 0.1) is 0 Å². The molecule has 2 aromatic carbocycles. The van der Waals surface area contributed by atoms with Crippen molar-refractivity contribution >= 4 is 33.2 Å². The number of anilines is 1. The van der Waals surface area contributed by atoms with Crippen molar-refractivity contribution in [3.8, 4) is 23.0 Å². The number of rotatable bonds is 7. The van der Waals surface area contributed by atoms with Crippen LogP contribution < -0.4 is 28.6 Å². The number of nitrogens with one attached hydrogen (secondary N) is 1. The van der Waals surface area contributed by atoms with Gasteiger partial charge in [0.2, 0.25) is 15.8 Å². The van der Waals surface area contributed by atoms with Gasteiger partial charge >= 0.3 is 0 Å². The molecule has 1 heterocycles. The van der Waals surface area contributed by atoms with Gasteiger partial charge in [0.05, 0.1) is 39.8 Å². The predicted octanol–water partition coefficient (Wildman–Crippen LogP) is 2.21. The van der Waals surface area contributed by atoms with Gasteiger partial charge in [-0.3, -0.25) is 9.10 Å². The van der Waals surface area contributed by atoms with Crippen LogP contribution in [-0.2, 0) is 21.4 Å². The van der Waals surface area contributed by atoms with E-state index in [2.05, 4.69) is 5.32 Å². The lowest BCUT2D eigenvalue weighted by molar-refractivity contribution is -0.127. The van der Waals surface area contributed by atoms with Crippen LogP contribution in [0.15, 0.2) is 30.3 Å². The molecule has 11 heteroatoms. The molecule has 31 heavy (non-hydrogen) atoms. The Kier molecular flexibility index (Phi) is 6.71. The lowest BCUT2D eigenvalue weighted by atomic mass is 10.1. The molecule has 0 saturated carbocycles. The zero-order chi connectivity index (χ0) is 22.8. The molecule has 0 bridgehead atoms. The van der Waals surface area contributed by atoms with E-state index in [-0.39, 0.29) is 18.8 Å². The summed E-state index contributed by atoms with van der Waals surface area (Å²) in [5, 5.41) is 3.12. The first-order valence-electron chi connectivity index (χ1n) is 9.19. The zero-order valence-corrected chi connectivity index (χ0v) is 19.0. The van der Waals surface area contributed by atoms with Crippen molar-refractivity contribution in [1.29, 1.82) is 0 Å². The Morgan fingerprint density at radius 1 is 1.16 bits per heavy atom.